The number of pyridine rings is 2. The molecular formula is C43H48N4. The molecule has 0 saturated carbocycles. The van der Waals surface area contributed by atoms with Crippen molar-refractivity contribution in [3.8, 4) is 34.2 Å². The maximum Gasteiger partial charge on any atom is 0.0873 e. The van der Waals surface area contributed by atoms with Crippen LogP contribution in [-0.2, 0) is 5.41 Å². The van der Waals surface area contributed by atoms with E-state index in [-0.39, 0.29) is 0 Å². The summed E-state index contributed by atoms with van der Waals surface area (Å²) in [4.78, 5) is 10.7. The summed E-state index contributed by atoms with van der Waals surface area (Å²) in [5, 5.41) is 0. The van der Waals surface area contributed by atoms with Crippen molar-refractivity contribution in [2.24, 2.45) is 0 Å². The maximum absolute atomic E-state index is 5.36. The largest absolute Gasteiger partial charge is 0.312 e. The van der Waals surface area contributed by atoms with Crippen molar-refractivity contribution in [1.82, 2.24) is 19.1 Å². The number of benzene rings is 2. The second-order valence-corrected chi connectivity index (χ2v) is 14.1. The van der Waals surface area contributed by atoms with Gasteiger partial charge in [-0.3, -0.25) is 9.97 Å². The minimum atomic E-state index is -0.430. The van der Waals surface area contributed by atoms with Gasteiger partial charge in [-0.1, -0.05) is 76.2 Å². The van der Waals surface area contributed by atoms with Crippen molar-refractivity contribution in [1.29, 1.82) is 0 Å². The van der Waals surface area contributed by atoms with E-state index in [1.807, 2.05) is 0 Å². The van der Waals surface area contributed by atoms with E-state index < -0.39 is 5.41 Å². The van der Waals surface area contributed by atoms with E-state index in [0.29, 0.717) is 11.8 Å². The summed E-state index contributed by atoms with van der Waals surface area (Å²) in [6.45, 7) is 22.3. The summed E-state index contributed by atoms with van der Waals surface area (Å²) in [5.41, 5.74) is 15.8. The van der Waals surface area contributed by atoms with E-state index in [2.05, 4.69) is 175 Å². The lowest BCUT2D eigenvalue weighted by molar-refractivity contribution is 0.596. The lowest BCUT2D eigenvalue weighted by Gasteiger charge is -2.25. The summed E-state index contributed by atoms with van der Waals surface area (Å²) in [6.07, 6.45) is 0. The first kappa shape index (κ1) is 32.2. The molecule has 0 saturated heterocycles. The van der Waals surface area contributed by atoms with Crippen LogP contribution in [0.2, 0.25) is 0 Å². The van der Waals surface area contributed by atoms with Gasteiger partial charge in [-0.05, 0) is 124 Å². The van der Waals surface area contributed by atoms with Gasteiger partial charge in [0, 0.05) is 28.2 Å². The minimum Gasteiger partial charge on any atom is -0.312 e. The molecule has 240 valence electrons. The van der Waals surface area contributed by atoms with Crippen LogP contribution >= 0.6 is 0 Å². The first-order valence-electron chi connectivity index (χ1n) is 16.9. The summed E-state index contributed by atoms with van der Waals surface area (Å²) in [5.74, 6) is 0.815. The molecule has 4 heterocycles. The molecule has 0 fully saturated rings. The fourth-order valence-corrected chi connectivity index (χ4v) is 6.80. The van der Waals surface area contributed by atoms with Crippen molar-refractivity contribution in [3.05, 3.63) is 142 Å². The Bertz CT molecular complexity index is 1920. The predicted octanol–water partition coefficient (Wildman–Crippen LogP) is 11.2. The number of nitrogens with zero attached hydrogens (tertiary/aromatic N) is 4. The quantitative estimate of drug-likeness (QED) is 0.170. The molecule has 6 aromatic rings. The molecular weight excluding hydrogens is 573 g/mol. The van der Waals surface area contributed by atoms with Gasteiger partial charge >= 0.3 is 0 Å². The summed E-state index contributed by atoms with van der Waals surface area (Å²) in [6, 6.07) is 34.9. The molecule has 4 aromatic heterocycles. The van der Waals surface area contributed by atoms with Gasteiger partial charge in [0.2, 0.25) is 0 Å². The molecule has 0 N–H and O–H groups in total. The van der Waals surface area contributed by atoms with Crippen molar-refractivity contribution < 1.29 is 0 Å². The Balaban J connectivity index is 1.44. The second-order valence-electron chi connectivity index (χ2n) is 14.1. The fourth-order valence-electron chi connectivity index (χ4n) is 6.80. The Morgan fingerprint density at radius 3 is 1.28 bits per heavy atom. The SMILES string of the molecule is Cc1cc(-c2cccc(C(C)(C)c3cccc(-c4cc(C)c(C)n4-c4ccccc4C(C)C)n3)n2)n(-c2ccccc2C(C)C)c1C. The smallest absolute Gasteiger partial charge is 0.0873 e. The summed E-state index contributed by atoms with van der Waals surface area (Å²) in [7, 11) is 0. The topological polar surface area (TPSA) is 35.6 Å². The predicted molar refractivity (Wildman–Crippen MR) is 197 cm³/mol. The van der Waals surface area contributed by atoms with Gasteiger partial charge in [-0.25, -0.2) is 0 Å². The number of hydrogen-bond acceptors (Lipinski definition) is 2. The first-order chi connectivity index (χ1) is 22.4. The van der Waals surface area contributed by atoms with Crippen LogP contribution in [0.3, 0.4) is 0 Å². The Labute approximate surface area is 281 Å². The van der Waals surface area contributed by atoms with Gasteiger partial charge in [0.05, 0.1) is 34.2 Å². The third-order valence-electron chi connectivity index (χ3n) is 9.90. The molecule has 0 aliphatic carbocycles. The lowest BCUT2D eigenvalue weighted by atomic mass is 9.84. The van der Waals surface area contributed by atoms with Gasteiger partial charge in [-0.2, -0.15) is 0 Å². The molecule has 0 bridgehead atoms. The average Bonchev–Trinajstić information content (AvgIpc) is 3.54. The number of hydrogen-bond donors (Lipinski definition) is 0. The molecule has 0 aliphatic heterocycles. The summed E-state index contributed by atoms with van der Waals surface area (Å²) < 4.78 is 4.77. The van der Waals surface area contributed by atoms with E-state index in [4.69, 9.17) is 9.97 Å². The molecule has 0 aliphatic rings. The molecule has 0 unspecified atom stereocenters. The molecule has 0 spiro atoms. The molecule has 2 aromatic carbocycles. The Kier molecular flexibility index (Phi) is 8.57. The average molecular weight is 621 g/mol. The Morgan fingerprint density at radius 2 is 0.894 bits per heavy atom. The van der Waals surface area contributed by atoms with Crippen molar-refractivity contribution >= 4 is 0 Å². The minimum absolute atomic E-state index is 0.408. The maximum atomic E-state index is 5.36. The standard InChI is InChI=1S/C43H48N4/c1-27(2)33-17-11-13-21-37(33)46-31(7)29(5)25-39(46)35-19-15-23-41(44-35)43(9,10)42-24-16-20-36(45-42)40-26-30(6)32(8)47(40)38-22-14-12-18-34(38)28(3)4/h11-28H,1-10H3. The van der Waals surface area contributed by atoms with Crippen molar-refractivity contribution in [2.45, 2.75) is 86.5 Å². The highest BCUT2D eigenvalue weighted by Crippen LogP contribution is 2.37. The van der Waals surface area contributed by atoms with Crippen molar-refractivity contribution in [2.75, 3.05) is 0 Å². The Morgan fingerprint density at radius 1 is 0.511 bits per heavy atom. The number of aromatic nitrogens is 4. The first-order valence-corrected chi connectivity index (χ1v) is 16.9. The zero-order chi connectivity index (χ0) is 33.6. The normalized spacial score (nSPS) is 12.0. The van der Waals surface area contributed by atoms with Crippen LogP contribution < -0.4 is 0 Å². The monoisotopic (exact) mass is 620 g/mol. The highest BCUT2D eigenvalue weighted by Gasteiger charge is 2.28. The third kappa shape index (κ3) is 5.75. The molecule has 47 heavy (non-hydrogen) atoms. The number of rotatable bonds is 8. The van der Waals surface area contributed by atoms with Crippen LogP contribution in [0.15, 0.2) is 97.1 Å². The van der Waals surface area contributed by atoms with Crippen LogP contribution in [-0.4, -0.2) is 19.1 Å². The van der Waals surface area contributed by atoms with Gasteiger partial charge in [0.1, 0.15) is 0 Å². The highest BCUT2D eigenvalue weighted by atomic mass is 15.0. The number of aryl methyl sites for hydroxylation is 2. The molecule has 4 nitrogen and oxygen atoms in total. The molecule has 0 amide bonds. The fraction of sp³-hybridized carbons (Fsp3) is 0.302. The van der Waals surface area contributed by atoms with E-state index in [1.165, 1.54) is 45.0 Å². The molecule has 0 atom stereocenters. The molecule has 6 rings (SSSR count). The van der Waals surface area contributed by atoms with Crippen LogP contribution in [0.25, 0.3) is 34.2 Å². The zero-order valence-corrected chi connectivity index (χ0v) is 29.7. The van der Waals surface area contributed by atoms with Crippen molar-refractivity contribution in [3.63, 3.8) is 0 Å². The van der Waals surface area contributed by atoms with E-state index in [9.17, 15) is 0 Å². The van der Waals surface area contributed by atoms with Crippen LogP contribution in [0.5, 0.6) is 0 Å². The lowest BCUT2D eigenvalue weighted by Crippen LogP contribution is -2.22. The zero-order valence-electron chi connectivity index (χ0n) is 29.7. The van der Waals surface area contributed by atoms with Crippen LogP contribution in [0.4, 0.5) is 0 Å². The van der Waals surface area contributed by atoms with E-state index >= 15 is 0 Å². The van der Waals surface area contributed by atoms with Gasteiger partial charge < -0.3 is 9.13 Å². The van der Waals surface area contributed by atoms with Gasteiger partial charge in [0.25, 0.3) is 0 Å². The highest BCUT2D eigenvalue weighted by molar-refractivity contribution is 5.66. The van der Waals surface area contributed by atoms with Crippen LogP contribution in [0.1, 0.15) is 98.4 Å². The molecule has 4 heteroatoms. The van der Waals surface area contributed by atoms with E-state index in [1.54, 1.807) is 0 Å². The van der Waals surface area contributed by atoms with Gasteiger partial charge in [0.15, 0.2) is 0 Å². The van der Waals surface area contributed by atoms with E-state index in [0.717, 1.165) is 34.2 Å². The van der Waals surface area contributed by atoms with Crippen LogP contribution in [0, 0.1) is 27.7 Å². The second kappa shape index (κ2) is 12.5. The Hall–Kier alpha value is -4.70. The van der Waals surface area contributed by atoms with Gasteiger partial charge in [-0.15, -0.1) is 0 Å². The summed E-state index contributed by atoms with van der Waals surface area (Å²) >= 11 is 0. The number of para-hydroxylation sites is 2. The third-order valence-corrected chi connectivity index (χ3v) is 9.90. The molecule has 0 radical (unpaired) electrons.